The van der Waals surface area contributed by atoms with Crippen molar-refractivity contribution in [1.82, 2.24) is 18.3 Å². The van der Waals surface area contributed by atoms with Crippen molar-refractivity contribution >= 4 is 152 Å². The summed E-state index contributed by atoms with van der Waals surface area (Å²) in [6.07, 6.45) is 0. The normalized spacial score (nSPS) is 12.0. The van der Waals surface area contributed by atoms with Crippen molar-refractivity contribution in [2.45, 2.75) is 0 Å². The molecule has 0 aliphatic rings. The number of rotatable bonds is 11. The summed E-state index contributed by atoms with van der Waals surface area (Å²) in [5.41, 5.74) is 30.5. The average Bonchev–Trinajstić information content (AvgIpc) is 1.32. The minimum Gasteiger partial charge on any atom is -0.309 e. The second-order valence-electron chi connectivity index (χ2n) is 33.3. The molecule has 26 rings (SSSR count). The van der Waals surface area contributed by atoms with Gasteiger partial charge in [0.25, 0.3) is 0 Å². The highest BCUT2D eigenvalue weighted by molar-refractivity contribution is 6.26. The highest BCUT2D eigenvalue weighted by atomic mass is 15.0. The fraction of sp³-hybridized carbons (Fsp3) is 0. The van der Waals surface area contributed by atoms with Crippen LogP contribution >= 0.6 is 0 Å². The van der Waals surface area contributed by atoms with Crippen LogP contribution in [0.1, 0.15) is 0 Å². The maximum absolute atomic E-state index is 2.51. The Bertz CT molecular complexity index is 8750. The van der Waals surface area contributed by atoms with E-state index in [9.17, 15) is 0 Å². The zero-order valence-electron chi connectivity index (χ0n) is 67.5. The van der Waals surface area contributed by atoms with Gasteiger partial charge < -0.3 is 18.3 Å². The summed E-state index contributed by atoms with van der Waals surface area (Å²) >= 11 is 0. The molecule has 0 saturated heterocycles. The van der Waals surface area contributed by atoms with Crippen molar-refractivity contribution in [2.24, 2.45) is 0 Å². The number of hydrogen-bond acceptors (Lipinski definition) is 0. The zero-order valence-corrected chi connectivity index (χ0v) is 67.5. The summed E-state index contributed by atoms with van der Waals surface area (Å²) in [7, 11) is 0. The SMILES string of the molecule is c1ccc(-n2c3ccccc3c3ccc(-c4cccc5c(-c6ccc7ccccc7c6)c6cccc(-c7ccc8c9cc(-c%10ccc%11cc(-c%12c%13cccc(-c%14cccc%15c%16ccccc%16n(-c%16ccccc%16)c%14%15)c%13cc%13c(-c%14cccc%15c%16ccccc%16n(-c%16ccccc%16)c%14%15)cccc%12%13)ccc%11c%10)ccc9n(-c9ccccc9)c8c7)c6cc45)cc32)cc1. The predicted molar refractivity (Wildman–Crippen MR) is 527 cm³/mol. The van der Waals surface area contributed by atoms with Gasteiger partial charge in [-0.25, -0.2) is 0 Å². The summed E-state index contributed by atoms with van der Waals surface area (Å²) < 4.78 is 9.85. The van der Waals surface area contributed by atoms with Crippen molar-refractivity contribution in [1.29, 1.82) is 0 Å². The summed E-state index contributed by atoms with van der Waals surface area (Å²) in [6.45, 7) is 0. The van der Waals surface area contributed by atoms with Crippen molar-refractivity contribution in [3.63, 3.8) is 0 Å². The van der Waals surface area contributed by atoms with Gasteiger partial charge in [-0.15, -0.1) is 0 Å². The molecule has 124 heavy (non-hydrogen) atoms. The molecule has 0 atom stereocenters. The van der Waals surface area contributed by atoms with Crippen molar-refractivity contribution < 1.29 is 0 Å². The van der Waals surface area contributed by atoms with Gasteiger partial charge in [0, 0.05) is 77.0 Å². The number of para-hydroxylation sites is 9. The molecule has 4 heterocycles. The van der Waals surface area contributed by atoms with Gasteiger partial charge in [0.05, 0.1) is 44.1 Å². The molecule has 26 aromatic rings. The summed E-state index contributed by atoms with van der Waals surface area (Å²) in [5, 5.41) is 24.2. The Morgan fingerprint density at radius 2 is 0.411 bits per heavy atom. The van der Waals surface area contributed by atoms with E-state index >= 15 is 0 Å². The molecule has 4 aromatic heterocycles. The Morgan fingerprint density at radius 3 is 0.879 bits per heavy atom. The molecule has 0 fully saturated rings. The first-order valence-electron chi connectivity index (χ1n) is 42.9. The number of hydrogen-bond donors (Lipinski definition) is 0. The Labute approximate surface area is 714 Å². The van der Waals surface area contributed by atoms with Crippen LogP contribution in [0.25, 0.3) is 252 Å². The van der Waals surface area contributed by atoms with Crippen LogP contribution in [-0.4, -0.2) is 18.3 Å². The lowest BCUT2D eigenvalue weighted by atomic mass is 9.85. The Balaban J connectivity index is 0.633. The lowest BCUT2D eigenvalue weighted by Crippen LogP contribution is -1.97. The van der Waals surface area contributed by atoms with Crippen LogP contribution in [0.5, 0.6) is 0 Å². The van der Waals surface area contributed by atoms with E-state index in [4.69, 9.17) is 0 Å². The number of nitrogens with zero attached hydrogens (tertiary/aromatic N) is 4. The van der Waals surface area contributed by atoms with Crippen LogP contribution in [0.15, 0.2) is 449 Å². The molecule has 0 bridgehead atoms. The molecular formula is C120H74N4. The van der Waals surface area contributed by atoms with Gasteiger partial charge in [0.2, 0.25) is 0 Å². The molecule has 0 spiro atoms. The highest BCUT2D eigenvalue weighted by Gasteiger charge is 2.26. The molecule has 0 radical (unpaired) electrons. The zero-order chi connectivity index (χ0) is 81.2. The van der Waals surface area contributed by atoms with Crippen LogP contribution in [0.4, 0.5) is 0 Å². The van der Waals surface area contributed by atoms with Gasteiger partial charge >= 0.3 is 0 Å². The monoisotopic (exact) mass is 1570 g/mol. The van der Waals surface area contributed by atoms with Crippen molar-refractivity contribution in [2.75, 3.05) is 0 Å². The summed E-state index contributed by atoms with van der Waals surface area (Å²) in [4.78, 5) is 0. The van der Waals surface area contributed by atoms with Gasteiger partial charge in [-0.1, -0.05) is 328 Å². The third-order valence-electron chi connectivity index (χ3n) is 26.7. The average molecular weight is 1570 g/mol. The van der Waals surface area contributed by atoms with Gasteiger partial charge in [-0.3, -0.25) is 0 Å². The Kier molecular flexibility index (Phi) is 15.5. The van der Waals surface area contributed by atoms with Gasteiger partial charge in [0.15, 0.2) is 0 Å². The lowest BCUT2D eigenvalue weighted by molar-refractivity contribution is 1.18. The van der Waals surface area contributed by atoms with E-state index in [1.165, 1.54) is 196 Å². The topological polar surface area (TPSA) is 19.7 Å². The van der Waals surface area contributed by atoms with E-state index in [0.29, 0.717) is 0 Å². The smallest absolute Gasteiger partial charge is 0.0619 e. The highest BCUT2D eigenvalue weighted by Crippen LogP contribution is 2.51. The number of aromatic nitrogens is 4. The Morgan fingerprint density at radius 1 is 0.121 bits per heavy atom. The van der Waals surface area contributed by atoms with Crippen molar-refractivity contribution in [3.8, 4) is 101 Å². The van der Waals surface area contributed by atoms with E-state index in [-0.39, 0.29) is 0 Å². The number of benzene rings is 22. The minimum atomic E-state index is 1.12. The van der Waals surface area contributed by atoms with Crippen LogP contribution in [0, 0.1) is 0 Å². The molecule has 0 aliphatic heterocycles. The first-order chi connectivity index (χ1) is 61.5. The molecule has 4 heteroatoms. The van der Waals surface area contributed by atoms with E-state index < -0.39 is 0 Å². The maximum atomic E-state index is 2.51. The molecule has 574 valence electrons. The third-order valence-corrected chi connectivity index (χ3v) is 26.7. The minimum absolute atomic E-state index is 1.12. The second-order valence-corrected chi connectivity index (χ2v) is 33.3. The summed E-state index contributed by atoms with van der Waals surface area (Å²) in [6, 6.07) is 168. The maximum Gasteiger partial charge on any atom is 0.0619 e. The molecule has 0 amide bonds. The fourth-order valence-corrected chi connectivity index (χ4v) is 21.2. The Hall–Kier alpha value is -16.4. The molecule has 0 aliphatic carbocycles. The van der Waals surface area contributed by atoms with Gasteiger partial charge in [0.1, 0.15) is 0 Å². The van der Waals surface area contributed by atoms with Crippen LogP contribution in [0.2, 0.25) is 0 Å². The molecule has 0 unspecified atom stereocenters. The molecule has 0 saturated carbocycles. The number of fused-ring (bicyclic) bond motifs is 18. The van der Waals surface area contributed by atoms with Gasteiger partial charge in [-0.05, 0) is 253 Å². The van der Waals surface area contributed by atoms with E-state index in [1.54, 1.807) is 0 Å². The molecule has 0 N–H and O–H groups in total. The van der Waals surface area contributed by atoms with Crippen molar-refractivity contribution in [3.05, 3.63) is 449 Å². The summed E-state index contributed by atoms with van der Waals surface area (Å²) in [5.74, 6) is 0. The standard InChI is InChI=1S/C120H74N4/c1-5-29-85(30-6-1)121-111-52-18-15-37-93(111)96-64-61-81(71-115(96)121)89-40-21-44-98-106(89)73-107-90(41-22-45-99(107)117(98)83-59-55-75-27-13-14-28-76(75)68-83)82-62-65-97-110-70-80(63-66-114(110)122(116(97)72-82)86-31-7-2-8-32-86)78-56-57-79-69-84(60-58-77(79)67-78)118-100-46-23-42-91(102-48-25-50-104-94-38-16-19-53-112(94)123(119(102)104)87-33-9-3-10-34-87)108(100)74-109-92(43-24-47-101(109)118)103-49-26-51-105-95-39-17-20-54-113(95)124(120(103)105)88-35-11-4-12-36-88/h1-74H. The second kappa shape index (κ2) is 27.6. The first-order valence-corrected chi connectivity index (χ1v) is 42.9. The molecule has 4 nitrogen and oxygen atoms in total. The molecule has 22 aromatic carbocycles. The predicted octanol–water partition coefficient (Wildman–Crippen LogP) is 32.7. The lowest BCUT2D eigenvalue weighted by Gasteiger charge is -2.19. The first kappa shape index (κ1) is 69.5. The van der Waals surface area contributed by atoms with Crippen LogP contribution in [0.3, 0.4) is 0 Å². The third kappa shape index (κ3) is 10.6. The van der Waals surface area contributed by atoms with Gasteiger partial charge in [-0.2, -0.15) is 0 Å². The van der Waals surface area contributed by atoms with E-state index in [2.05, 4.69) is 467 Å². The van der Waals surface area contributed by atoms with Crippen LogP contribution < -0.4 is 0 Å². The molecular weight excluding hydrogens is 1500 g/mol. The largest absolute Gasteiger partial charge is 0.309 e. The van der Waals surface area contributed by atoms with E-state index in [0.717, 1.165) is 56.0 Å². The van der Waals surface area contributed by atoms with Crippen LogP contribution in [-0.2, 0) is 0 Å². The quantitative estimate of drug-likeness (QED) is 0.115. The van der Waals surface area contributed by atoms with E-state index in [1.807, 2.05) is 0 Å². The fourth-order valence-electron chi connectivity index (χ4n) is 21.2.